The number of carbonyl (C=O) groups is 3. The molecule has 7 atom stereocenters. The summed E-state index contributed by atoms with van der Waals surface area (Å²) in [6, 6.07) is 5.69. The third kappa shape index (κ3) is 5.48. The summed E-state index contributed by atoms with van der Waals surface area (Å²) in [4.78, 5) is 46.2. The SMILES string of the molecule is C=CCCCCOC(=O)[C@H]1[C@H]2C(=O)N([C@@H](CO)[C@@H](C)CC)C(C(=O)N(CC=C)c3ccccc3Cl)C23CC[C@]1(C)S3. The van der Waals surface area contributed by atoms with Gasteiger partial charge < -0.3 is 19.6 Å². The standard InChI is InChI=1S/C32H43ClN2O5S/c1-6-9-10-13-19-40-30(39)26-25-28(37)35(24(20-36)21(4)8-3)27(32(25)17-16-31(26,5)41-32)29(38)34(18-7-2)23-15-12-11-14-22(23)33/h6-7,11-12,14-15,21,24-27,36H,1-2,8-10,13,16-20H2,3-5H3/t21-,24-,25-,26+,27?,31-,32?/m0/s1. The van der Waals surface area contributed by atoms with Crippen molar-refractivity contribution in [1.82, 2.24) is 4.90 Å². The molecule has 224 valence electrons. The second-order valence-electron chi connectivity index (χ2n) is 11.7. The highest BCUT2D eigenvalue weighted by Gasteiger charge is 2.78. The quantitative estimate of drug-likeness (QED) is 0.168. The molecule has 0 aliphatic carbocycles. The summed E-state index contributed by atoms with van der Waals surface area (Å²) in [6.45, 7) is 13.8. The molecule has 0 radical (unpaired) electrons. The highest BCUT2D eigenvalue weighted by atomic mass is 35.5. The van der Waals surface area contributed by atoms with Crippen LogP contribution in [0, 0.1) is 17.8 Å². The highest BCUT2D eigenvalue weighted by molar-refractivity contribution is 8.02. The number of carbonyl (C=O) groups excluding carboxylic acids is 3. The largest absolute Gasteiger partial charge is 0.465 e. The molecule has 3 aliphatic rings. The Kier molecular flexibility index (Phi) is 9.97. The summed E-state index contributed by atoms with van der Waals surface area (Å²) in [6.07, 6.45) is 7.95. The predicted octanol–water partition coefficient (Wildman–Crippen LogP) is 5.65. The van der Waals surface area contributed by atoms with Crippen molar-refractivity contribution in [2.24, 2.45) is 17.8 Å². The van der Waals surface area contributed by atoms with E-state index < -0.39 is 33.4 Å². The van der Waals surface area contributed by atoms with Crippen molar-refractivity contribution < 1.29 is 24.2 Å². The lowest BCUT2D eigenvalue weighted by Gasteiger charge is -2.41. The Bertz CT molecular complexity index is 1180. The fourth-order valence-corrected chi connectivity index (χ4v) is 9.64. The minimum Gasteiger partial charge on any atom is -0.465 e. The Morgan fingerprint density at radius 3 is 2.63 bits per heavy atom. The maximum atomic E-state index is 14.8. The van der Waals surface area contributed by atoms with Crippen LogP contribution in [0.25, 0.3) is 0 Å². The number of halogens is 1. The molecule has 3 saturated heterocycles. The van der Waals surface area contributed by atoms with Gasteiger partial charge in [0.2, 0.25) is 5.91 Å². The number of thioether (sulfide) groups is 1. The number of allylic oxidation sites excluding steroid dienone is 1. The van der Waals surface area contributed by atoms with Gasteiger partial charge in [-0.25, -0.2) is 0 Å². The number of benzene rings is 1. The molecule has 0 aromatic heterocycles. The number of nitrogens with zero attached hydrogens (tertiary/aromatic N) is 2. The van der Waals surface area contributed by atoms with Crippen molar-refractivity contribution in [2.45, 2.75) is 80.9 Å². The molecule has 2 bridgehead atoms. The number of fused-ring (bicyclic) bond motifs is 1. The van der Waals surface area contributed by atoms with E-state index in [1.54, 1.807) is 45.8 Å². The van der Waals surface area contributed by atoms with Crippen LogP contribution in [0.5, 0.6) is 0 Å². The Hall–Kier alpha value is -2.29. The van der Waals surface area contributed by atoms with Gasteiger partial charge in [0.15, 0.2) is 0 Å². The summed E-state index contributed by atoms with van der Waals surface area (Å²) in [5.74, 6) is -2.33. The van der Waals surface area contributed by atoms with Crippen LogP contribution in [-0.2, 0) is 19.1 Å². The summed E-state index contributed by atoms with van der Waals surface area (Å²) in [5.41, 5.74) is 0.537. The van der Waals surface area contributed by atoms with Crippen LogP contribution < -0.4 is 4.90 Å². The fraction of sp³-hybridized carbons (Fsp3) is 0.594. The Balaban J connectivity index is 1.78. The monoisotopic (exact) mass is 602 g/mol. The first-order valence-electron chi connectivity index (χ1n) is 14.7. The molecule has 1 aromatic carbocycles. The second-order valence-corrected chi connectivity index (χ2v) is 14.1. The number of unbranched alkanes of at least 4 members (excludes halogenated alkanes) is 2. The lowest BCUT2D eigenvalue weighted by atomic mass is 9.66. The minimum atomic E-state index is -0.875. The average Bonchev–Trinajstić information content (AvgIpc) is 3.53. The summed E-state index contributed by atoms with van der Waals surface area (Å²) >= 11 is 8.16. The third-order valence-electron chi connectivity index (χ3n) is 9.32. The molecule has 41 heavy (non-hydrogen) atoms. The van der Waals surface area contributed by atoms with Crippen molar-refractivity contribution in [3.05, 3.63) is 54.6 Å². The van der Waals surface area contributed by atoms with Crippen molar-refractivity contribution in [1.29, 1.82) is 0 Å². The van der Waals surface area contributed by atoms with Gasteiger partial charge in [0, 0.05) is 11.3 Å². The Morgan fingerprint density at radius 1 is 1.27 bits per heavy atom. The zero-order valence-corrected chi connectivity index (χ0v) is 26.0. The molecule has 1 N–H and O–H groups in total. The van der Waals surface area contributed by atoms with E-state index in [0.717, 1.165) is 25.7 Å². The van der Waals surface area contributed by atoms with E-state index in [4.69, 9.17) is 16.3 Å². The number of hydrogen-bond acceptors (Lipinski definition) is 6. The number of aliphatic hydroxyl groups excluding tert-OH is 1. The van der Waals surface area contributed by atoms with Gasteiger partial charge in [0.05, 0.1) is 46.5 Å². The molecule has 1 aromatic rings. The number of aliphatic hydroxyl groups is 1. The fourth-order valence-electron chi connectivity index (χ4n) is 7.08. The van der Waals surface area contributed by atoms with Crippen molar-refractivity contribution >= 4 is 46.8 Å². The number of para-hydroxylation sites is 1. The van der Waals surface area contributed by atoms with E-state index in [-0.39, 0.29) is 43.5 Å². The summed E-state index contributed by atoms with van der Waals surface area (Å²) in [5, 5.41) is 11.0. The molecule has 0 saturated carbocycles. The molecule has 4 rings (SSSR count). The highest BCUT2D eigenvalue weighted by Crippen LogP contribution is 2.72. The number of ether oxygens (including phenoxy) is 1. The van der Waals surface area contributed by atoms with Gasteiger partial charge in [0.25, 0.3) is 5.91 Å². The van der Waals surface area contributed by atoms with Crippen LogP contribution >= 0.6 is 23.4 Å². The number of esters is 1. The first-order valence-corrected chi connectivity index (χ1v) is 15.9. The lowest BCUT2D eigenvalue weighted by molar-refractivity contribution is -0.156. The number of hydrogen-bond donors (Lipinski definition) is 1. The van der Waals surface area contributed by atoms with E-state index in [1.165, 1.54) is 0 Å². The van der Waals surface area contributed by atoms with E-state index in [1.807, 2.05) is 32.9 Å². The van der Waals surface area contributed by atoms with Crippen molar-refractivity contribution in [2.75, 3.05) is 24.7 Å². The molecule has 3 heterocycles. The molecule has 3 aliphatic heterocycles. The number of rotatable bonds is 14. The molecule has 7 nitrogen and oxygen atoms in total. The van der Waals surface area contributed by atoms with Gasteiger partial charge in [-0.2, -0.15) is 0 Å². The van der Waals surface area contributed by atoms with Crippen molar-refractivity contribution in [3.63, 3.8) is 0 Å². The molecule has 2 unspecified atom stereocenters. The molecular formula is C32H43ClN2O5S. The number of anilines is 1. The van der Waals surface area contributed by atoms with Crippen LogP contribution in [0.2, 0.25) is 5.02 Å². The summed E-state index contributed by atoms with van der Waals surface area (Å²) < 4.78 is 4.42. The second kappa shape index (κ2) is 12.9. The van der Waals surface area contributed by atoms with Gasteiger partial charge in [-0.1, -0.05) is 56.2 Å². The van der Waals surface area contributed by atoms with Crippen molar-refractivity contribution in [3.8, 4) is 0 Å². The lowest BCUT2D eigenvalue weighted by Crippen LogP contribution is -2.58. The van der Waals surface area contributed by atoms with E-state index in [9.17, 15) is 19.5 Å². The molecule has 3 fully saturated rings. The normalized spacial score (nSPS) is 29.6. The van der Waals surface area contributed by atoms with Crippen LogP contribution in [0.3, 0.4) is 0 Å². The zero-order chi connectivity index (χ0) is 29.9. The number of amides is 2. The Morgan fingerprint density at radius 2 is 2.00 bits per heavy atom. The maximum Gasteiger partial charge on any atom is 0.311 e. The number of likely N-dealkylation sites (tertiary alicyclic amines) is 1. The van der Waals surface area contributed by atoms with E-state index in [2.05, 4.69) is 13.2 Å². The molecular weight excluding hydrogens is 560 g/mol. The molecule has 1 spiro atoms. The van der Waals surface area contributed by atoms with Crippen LogP contribution in [-0.4, -0.2) is 69.1 Å². The van der Waals surface area contributed by atoms with Crippen LogP contribution in [0.15, 0.2) is 49.6 Å². The van der Waals surface area contributed by atoms with Gasteiger partial charge in [-0.15, -0.1) is 24.9 Å². The van der Waals surface area contributed by atoms with Crippen LogP contribution in [0.1, 0.15) is 59.3 Å². The zero-order valence-electron chi connectivity index (χ0n) is 24.4. The van der Waals surface area contributed by atoms with Gasteiger partial charge in [-0.3, -0.25) is 14.4 Å². The van der Waals surface area contributed by atoms with Gasteiger partial charge >= 0.3 is 5.97 Å². The van der Waals surface area contributed by atoms with Crippen LogP contribution in [0.4, 0.5) is 5.69 Å². The van der Waals surface area contributed by atoms with Gasteiger partial charge in [-0.05, 0) is 57.1 Å². The van der Waals surface area contributed by atoms with Gasteiger partial charge in [0.1, 0.15) is 6.04 Å². The average molecular weight is 603 g/mol. The third-order valence-corrected chi connectivity index (χ3v) is 11.6. The first kappa shape index (κ1) is 31.6. The minimum absolute atomic E-state index is 0.0595. The predicted molar refractivity (Wildman–Crippen MR) is 165 cm³/mol. The van der Waals surface area contributed by atoms with E-state index >= 15 is 0 Å². The van der Waals surface area contributed by atoms with E-state index in [0.29, 0.717) is 23.6 Å². The molecule has 9 heteroatoms. The Labute approximate surface area is 253 Å². The molecule has 2 amide bonds. The topological polar surface area (TPSA) is 87.1 Å². The maximum absolute atomic E-state index is 14.8. The smallest absolute Gasteiger partial charge is 0.311 e. The summed E-state index contributed by atoms with van der Waals surface area (Å²) in [7, 11) is 0. The first-order chi connectivity index (χ1) is 19.6.